The first kappa shape index (κ1) is 8.49. The molecule has 2 heterocycles. The molecule has 0 radical (unpaired) electrons. The van der Waals surface area contributed by atoms with Crippen LogP contribution in [0.4, 0.5) is 0 Å². The topological polar surface area (TPSA) is 93.9 Å². The maximum Gasteiger partial charge on any atom is 0.269 e. The van der Waals surface area contributed by atoms with Gasteiger partial charge >= 0.3 is 0 Å². The van der Waals surface area contributed by atoms with Crippen LogP contribution < -0.4 is 10.5 Å². The quantitative estimate of drug-likeness (QED) is 0.703. The van der Waals surface area contributed by atoms with Crippen molar-refractivity contribution < 1.29 is 9.53 Å². The minimum Gasteiger partial charge on any atom is -0.481 e. The zero-order valence-corrected chi connectivity index (χ0v) is 7.44. The Balaban J connectivity index is 2.65. The van der Waals surface area contributed by atoms with Gasteiger partial charge in [0.1, 0.15) is 0 Å². The van der Waals surface area contributed by atoms with Crippen LogP contribution in [0.1, 0.15) is 10.5 Å². The SMILES string of the molecule is COc1cc2[nH]nc(C(N)=O)c2cn1. The van der Waals surface area contributed by atoms with E-state index in [0.717, 1.165) is 0 Å². The average Bonchev–Trinajstić information content (AvgIpc) is 2.59. The summed E-state index contributed by atoms with van der Waals surface area (Å²) in [6.07, 6.45) is 1.50. The lowest BCUT2D eigenvalue weighted by Crippen LogP contribution is -2.11. The van der Waals surface area contributed by atoms with Crippen molar-refractivity contribution in [1.82, 2.24) is 15.2 Å². The van der Waals surface area contributed by atoms with Gasteiger partial charge in [-0.2, -0.15) is 5.10 Å². The van der Waals surface area contributed by atoms with E-state index in [0.29, 0.717) is 16.8 Å². The normalized spacial score (nSPS) is 10.4. The van der Waals surface area contributed by atoms with E-state index in [9.17, 15) is 4.79 Å². The highest BCUT2D eigenvalue weighted by Crippen LogP contribution is 2.18. The van der Waals surface area contributed by atoms with Crippen LogP contribution in [0.2, 0.25) is 0 Å². The molecule has 72 valence electrons. The summed E-state index contributed by atoms with van der Waals surface area (Å²) in [5.41, 5.74) is 5.98. The van der Waals surface area contributed by atoms with Gasteiger partial charge in [-0.1, -0.05) is 0 Å². The number of hydrogen-bond acceptors (Lipinski definition) is 4. The number of nitrogens with zero attached hydrogens (tertiary/aromatic N) is 2. The number of fused-ring (bicyclic) bond motifs is 1. The molecule has 0 saturated heterocycles. The summed E-state index contributed by atoms with van der Waals surface area (Å²) in [6, 6.07) is 1.65. The molecule has 0 saturated carbocycles. The van der Waals surface area contributed by atoms with Gasteiger partial charge in [-0.15, -0.1) is 0 Å². The minimum atomic E-state index is -0.580. The number of aromatic nitrogens is 3. The first-order valence-electron chi connectivity index (χ1n) is 3.90. The highest BCUT2D eigenvalue weighted by molar-refractivity contribution is 6.03. The predicted octanol–water partition coefficient (Wildman–Crippen LogP) is 0.0654. The van der Waals surface area contributed by atoms with Crippen LogP contribution >= 0.6 is 0 Å². The van der Waals surface area contributed by atoms with E-state index in [1.54, 1.807) is 6.07 Å². The van der Waals surface area contributed by atoms with E-state index in [4.69, 9.17) is 10.5 Å². The molecule has 0 spiro atoms. The number of pyridine rings is 1. The van der Waals surface area contributed by atoms with Gasteiger partial charge in [-0.25, -0.2) is 4.98 Å². The first-order chi connectivity index (χ1) is 6.72. The summed E-state index contributed by atoms with van der Waals surface area (Å²) < 4.78 is 4.92. The zero-order valence-electron chi connectivity index (χ0n) is 7.44. The highest BCUT2D eigenvalue weighted by atomic mass is 16.5. The minimum absolute atomic E-state index is 0.190. The standard InChI is InChI=1S/C8H8N4O2/c1-14-6-2-5-4(3-10-6)7(8(9)13)12-11-5/h2-3H,1H3,(H2,9,13)(H,11,12). The van der Waals surface area contributed by atoms with Crippen LogP contribution in [-0.2, 0) is 0 Å². The molecule has 3 N–H and O–H groups in total. The van der Waals surface area contributed by atoms with Gasteiger partial charge in [0.15, 0.2) is 5.69 Å². The van der Waals surface area contributed by atoms with Gasteiger partial charge in [-0.3, -0.25) is 9.89 Å². The molecule has 2 aromatic heterocycles. The van der Waals surface area contributed by atoms with Gasteiger partial charge in [0.25, 0.3) is 5.91 Å². The summed E-state index contributed by atoms with van der Waals surface area (Å²) in [6.45, 7) is 0. The predicted molar refractivity (Wildman–Crippen MR) is 49.0 cm³/mol. The van der Waals surface area contributed by atoms with Crippen LogP contribution in [0, 0.1) is 0 Å². The van der Waals surface area contributed by atoms with Gasteiger partial charge in [0.2, 0.25) is 5.88 Å². The number of ether oxygens (including phenoxy) is 1. The third kappa shape index (κ3) is 1.17. The number of rotatable bonds is 2. The third-order valence-electron chi connectivity index (χ3n) is 1.86. The van der Waals surface area contributed by atoms with E-state index in [-0.39, 0.29) is 5.69 Å². The fourth-order valence-corrected chi connectivity index (χ4v) is 1.19. The molecule has 2 rings (SSSR count). The van der Waals surface area contributed by atoms with Crippen LogP contribution in [0.15, 0.2) is 12.3 Å². The van der Waals surface area contributed by atoms with Gasteiger partial charge in [0, 0.05) is 12.3 Å². The monoisotopic (exact) mass is 192 g/mol. The molecular formula is C8H8N4O2. The second-order valence-electron chi connectivity index (χ2n) is 2.71. The number of carbonyl (C=O) groups excluding carboxylic acids is 1. The number of aromatic amines is 1. The number of nitrogens with one attached hydrogen (secondary N) is 1. The smallest absolute Gasteiger partial charge is 0.269 e. The fourth-order valence-electron chi connectivity index (χ4n) is 1.19. The second kappa shape index (κ2) is 2.99. The maximum atomic E-state index is 10.9. The maximum absolute atomic E-state index is 10.9. The number of hydrogen-bond donors (Lipinski definition) is 2. The van der Waals surface area contributed by atoms with Gasteiger partial charge in [0.05, 0.1) is 18.0 Å². The molecule has 0 aliphatic carbocycles. The summed E-state index contributed by atoms with van der Waals surface area (Å²) in [4.78, 5) is 14.9. The van der Waals surface area contributed by atoms with Crippen molar-refractivity contribution in [3.63, 3.8) is 0 Å². The van der Waals surface area contributed by atoms with Crippen molar-refractivity contribution in [3.8, 4) is 5.88 Å². The van der Waals surface area contributed by atoms with Crippen LogP contribution in [0.3, 0.4) is 0 Å². The first-order valence-corrected chi connectivity index (χ1v) is 3.90. The molecule has 0 atom stereocenters. The Kier molecular flexibility index (Phi) is 1.81. The van der Waals surface area contributed by atoms with Crippen molar-refractivity contribution in [2.24, 2.45) is 5.73 Å². The summed E-state index contributed by atoms with van der Waals surface area (Å²) in [5, 5.41) is 7.04. The molecule has 2 aromatic rings. The molecule has 0 fully saturated rings. The summed E-state index contributed by atoms with van der Waals surface area (Å²) >= 11 is 0. The molecular weight excluding hydrogens is 184 g/mol. The molecule has 0 aromatic carbocycles. The Morgan fingerprint density at radius 2 is 2.43 bits per heavy atom. The Morgan fingerprint density at radius 1 is 1.64 bits per heavy atom. The van der Waals surface area contributed by atoms with Crippen LogP contribution in [0.25, 0.3) is 10.9 Å². The number of nitrogens with two attached hydrogens (primary N) is 1. The van der Waals surface area contributed by atoms with Crippen molar-refractivity contribution in [3.05, 3.63) is 18.0 Å². The van der Waals surface area contributed by atoms with Crippen molar-refractivity contribution in [2.45, 2.75) is 0 Å². The Bertz CT molecular complexity index is 491. The van der Waals surface area contributed by atoms with E-state index < -0.39 is 5.91 Å². The number of carbonyl (C=O) groups is 1. The number of methoxy groups -OCH3 is 1. The van der Waals surface area contributed by atoms with Gasteiger partial charge in [-0.05, 0) is 0 Å². The third-order valence-corrected chi connectivity index (χ3v) is 1.86. The average molecular weight is 192 g/mol. The Hall–Kier alpha value is -2.11. The lowest BCUT2D eigenvalue weighted by molar-refractivity contribution is 0.0997. The number of H-pyrrole nitrogens is 1. The largest absolute Gasteiger partial charge is 0.481 e. The van der Waals surface area contributed by atoms with Crippen molar-refractivity contribution >= 4 is 16.8 Å². The van der Waals surface area contributed by atoms with Crippen molar-refractivity contribution in [2.75, 3.05) is 7.11 Å². The Morgan fingerprint density at radius 3 is 3.07 bits per heavy atom. The number of primary amides is 1. The van der Waals surface area contributed by atoms with E-state index >= 15 is 0 Å². The molecule has 6 nitrogen and oxygen atoms in total. The Labute approximate surface area is 79.1 Å². The van der Waals surface area contributed by atoms with Gasteiger partial charge < -0.3 is 10.5 Å². The molecule has 0 aliphatic heterocycles. The number of amides is 1. The molecule has 1 amide bonds. The van der Waals surface area contributed by atoms with E-state index in [1.165, 1.54) is 13.3 Å². The summed E-state index contributed by atoms with van der Waals surface area (Å²) in [5.74, 6) is -0.125. The second-order valence-corrected chi connectivity index (χ2v) is 2.71. The lowest BCUT2D eigenvalue weighted by Gasteiger charge is -1.96. The zero-order chi connectivity index (χ0) is 10.1. The summed E-state index contributed by atoms with van der Waals surface area (Å²) in [7, 11) is 1.51. The van der Waals surface area contributed by atoms with E-state index in [1.807, 2.05) is 0 Å². The van der Waals surface area contributed by atoms with Crippen LogP contribution in [-0.4, -0.2) is 28.2 Å². The van der Waals surface area contributed by atoms with Crippen molar-refractivity contribution in [1.29, 1.82) is 0 Å². The highest BCUT2D eigenvalue weighted by Gasteiger charge is 2.11. The molecule has 0 bridgehead atoms. The van der Waals surface area contributed by atoms with E-state index in [2.05, 4.69) is 15.2 Å². The molecule has 14 heavy (non-hydrogen) atoms. The fraction of sp³-hybridized carbons (Fsp3) is 0.125. The molecule has 6 heteroatoms. The van der Waals surface area contributed by atoms with Crippen LogP contribution in [0.5, 0.6) is 5.88 Å². The molecule has 0 aliphatic rings. The lowest BCUT2D eigenvalue weighted by atomic mass is 10.2. The molecule has 0 unspecified atom stereocenters.